The Hall–Kier alpha value is -1.76. The van der Waals surface area contributed by atoms with Crippen molar-refractivity contribution in [3.05, 3.63) is 27.7 Å². The molecule has 2 aromatic rings. The van der Waals surface area contributed by atoms with Gasteiger partial charge in [0.1, 0.15) is 0 Å². The van der Waals surface area contributed by atoms with Crippen molar-refractivity contribution in [3.63, 3.8) is 0 Å². The highest BCUT2D eigenvalue weighted by atomic mass is 32.1. The lowest BCUT2D eigenvalue weighted by Gasteiger charge is -2.31. The smallest absolute Gasteiger partial charge is 0.226 e. The Morgan fingerprint density at radius 1 is 1.50 bits per heavy atom. The number of aryl methyl sites for hydroxylation is 1. The van der Waals surface area contributed by atoms with Gasteiger partial charge >= 0.3 is 0 Å². The van der Waals surface area contributed by atoms with Crippen molar-refractivity contribution in [1.29, 1.82) is 0 Å². The monoisotopic (exact) mass is 317 g/mol. The standard InChI is InChI=1S/C15H19N5OS/c1-9-4-6-22-13(9)11-7-12(11)15(21)20-5-2-3-10(8-20)14-16-18-19-17-14/h4,6,10-12H,2-3,5,7-8H2,1H3,(H,16,17,18,19)/t10-,11+,12-/m0/s1. The van der Waals surface area contributed by atoms with Crippen LogP contribution in [0.4, 0.5) is 0 Å². The first-order valence-corrected chi connectivity index (χ1v) is 8.68. The molecule has 6 nitrogen and oxygen atoms in total. The molecule has 2 fully saturated rings. The molecule has 116 valence electrons. The van der Waals surface area contributed by atoms with Crippen LogP contribution in [0.25, 0.3) is 0 Å². The predicted molar refractivity (Wildman–Crippen MR) is 82.6 cm³/mol. The first-order valence-electron chi connectivity index (χ1n) is 7.80. The summed E-state index contributed by atoms with van der Waals surface area (Å²) in [6.45, 7) is 3.73. The summed E-state index contributed by atoms with van der Waals surface area (Å²) in [5.74, 6) is 1.89. The molecule has 0 aromatic carbocycles. The number of rotatable bonds is 3. The van der Waals surface area contributed by atoms with E-state index < -0.39 is 0 Å². The minimum absolute atomic E-state index is 0.182. The highest BCUT2D eigenvalue weighted by molar-refractivity contribution is 7.10. The van der Waals surface area contributed by atoms with Gasteiger partial charge in [-0.05, 0) is 43.2 Å². The summed E-state index contributed by atoms with van der Waals surface area (Å²) >= 11 is 1.78. The Morgan fingerprint density at radius 3 is 3.14 bits per heavy atom. The Labute approximate surface area is 132 Å². The number of likely N-dealkylation sites (tertiary alicyclic amines) is 1. The molecule has 2 aromatic heterocycles. The summed E-state index contributed by atoms with van der Waals surface area (Å²) in [4.78, 5) is 16.2. The second kappa shape index (κ2) is 5.46. The van der Waals surface area contributed by atoms with Crippen LogP contribution in [0, 0.1) is 12.8 Å². The van der Waals surface area contributed by atoms with Crippen LogP contribution in [0.1, 0.15) is 47.4 Å². The number of aromatic nitrogens is 4. The van der Waals surface area contributed by atoms with Crippen molar-refractivity contribution >= 4 is 17.2 Å². The summed E-state index contributed by atoms with van der Waals surface area (Å²) in [5.41, 5.74) is 1.33. The summed E-state index contributed by atoms with van der Waals surface area (Å²) in [7, 11) is 0. The lowest BCUT2D eigenvalue weighted by molar-refractivity contribution is -0.133. The van der Waals surface area contributed by atoms with E-state index in [-0.39, 0.29) is 11.8 Å². The lowest BCUT2D eigenvalue weighted by Crippen LogP contribution is -2.40. The van der Waals surface area contributed by atoms with Gasteiger partial charge in [0.15, 0.2) is 5.82 Å². The Morgan fingerprint density at radius 2 is 2.41 bits per heavy atom. The molecule has 1 aliphatic heterocycles. The van der Waals surface area contributed by atoms with Crippen molar-refractivity contribution in [3.8, 4) is 0 Å². The van der Waals surface area contributed by atoms with Gasteiger partial charge in [-0.3, -0.25) is 4.79 Å². The number of piperidine rings is 1. The summed E-state index contributed by atoms with van der Waals surface area (Å²) in [5, 5.41) is 16.4. The molecular weight excluding hydrogens is 298 g/mol. The summed E-state index contributed by atoms with van der Waals surface area (Å²) < 4.78 is 0. The summed E-state index contributed by atoms with van der Waals surface area (Å²) in [6.07, 6.45) is 3.05. The van der Waals surface area contributed by atoms with Crippen molar-refractivity contribution in [1.82, 2.24) is 25.5 Å². The molecule has 0 bridgehead atoms. The maximum atomic E-state index is 12.8. The number of H-pyrrole nitrogens is 1. The topological polar surface area (TPSA) is 74.8 Å². The molecule has 0 spiro atoms. The number of carbonyl (C=O) groups excluding carboxylic acids is 1. The van der Waals surface area contributed by atoms with Gasteiger partial charge in [0, 0.05) is 35.7 Å². The molecule has 0 radical (unpaired) electrons. The number of tetrazole rings is 1. The molecule has 3 heterocycles. The van der Waals surface area contributed by atoms with Crippen LogP contribution in [-0.4, -0.2) is 44.5 Å². The number of aromatic amines is 1. The average molecular weight is 317 g/mol. The zero-order valence-corrected chi connectivity index (χ0v) is 13.3. The maximum Gasteiger partial charge on any atom is 0.226 e. The van der Waals surface area contributed by atoms with Crippen molar-refractivity contribution in [2.75, 3.05) is 13.1 Å². The number of amides is 1. The Bertz CT molecular complexity index is 667. The zero-order chi connectivity index (χ0) is 15.1. The van der Waals surface area contributed by atoms with Crippen molar-refractivity contribution in [2.24, 2.45) is 5.92 Å². The van der Waals surface area contributed by atoms with E-state index in [0.29, 0.717) is 11.8 Å². The van der Waals surface area contributed by atoms with Crippen molar-refractivity contribution < 1.29 is 4.79 Å². The molecule has 22 heavy (non-hydrogen) atoms. The van der Waals surface area contributed by atoms with Crippen LogP contribution in [0.3, 0.4) is 0 Å². The normalized spacial score (nSPS) is 27.9. The van der Waals surface area contributed by atoms with E-state index in [1.54, 1.807) is 11.3 Å². The molecule has 1 amide bonds. The molecule has 4 rings (SSSR count). The number of nitrogens with one attached hydrogen (secondary N) is 1. The van der Waals surface area contributed by atoms with E-state index in [1.165, 1.54) is 10.4 Å². The second-order valence-electron chi connectivity index (χ2n) is 6.31. The summed E-state index contributed by atoms with van der Waals surface area (Å²) in [6, 6.07) is 2.15. The van der Waals surface area contributed by atoms with Crippen LogP contribution in [0.5, 0.6) is 0 Å². The number of carbonyl (C=O) groups is 1. The van der Waals surface area contributed by atoms with E-state index in [2.05, 4.69) is 39.0 Å². The molecule has 2 aliphatic rings. The minimum Gasteiger partial charge on any atom is -0.342 e. The largest absolute Gasteiger partial charge is 0.342 e. The fourth-order valence-electron chi connectivity index (χ4n) is 3.49. The Balaban J connectivity index is 1.42. The van der Waals surface area contributed by atoms with Crippen LogP contribution < -0.4 is 0 Å². The number of hydrogen-bond donors (Lipinski definition) is 1. The lowest BCUT2D eigenvalue weighted by atomic mass is 9.97. The van der Waals surface area contributed by atoms with Gasteiger partial charge in [0.25, 0.3) is 0 Å². The number of thiophene rings is 1. The molecule has 0 unspecified atom stereocenters. The molecular formula is C15H19N5OS. The Kier molecular flexibility index (Phi) is 3.44. The fourth-order valence-corrected chi connectivity index (χ4v) is 4.60. The quantitative estimate of drug-likeness (QED) is 0.940. The molecule has 7 heteroatoms. The van der Waals surface area contributed by atoms with E-state index in [1.807, 2.05) is 4.90 Å². The number of hydrogen-bond acceptors (Lipinski definition) is 5. The third kappa shape index (κ3) is 2.43. The fraction of sp³-hybridized carbons (Fsp3) is 0.600. The average Bonchev–Trinajstić information content (AvgIpc) is 2.95. The van der Waals surface area contributed by atoms with Gasteiger partial charge in [-0.2, -0.15) is 5.21 Å². The van der Waals surface area contributed by atoms with Gasteiger partial charge in [-0.15, -0.1) is 21.5 Å². The molecule has 1 aliphatic carbocycles. The van der Waals surface area contributed by atoms with E-state index >= 15 is 0 Å². The van der Waals surface area contributed by atoms with Crippen LogP contribution >= 0.6 is 11.3 Å². The maximum absolute atomic E-state index is 12.8. The third-order valence-electron chi connectivity index (χ3n) is 4.81. The van der Waals surface area contributed by atoms with Gasteiger partial charge in [0.05, 0.1) is 0 Å². The van der Waals surface area contributed by atoms with Crippen LogP contribution in [-0.2, 0) is 4.79 Å². The number of nitrogens with zero attached hydrogens (tertiary/aromatic N) is 4. The zero-order valence-electron chi connectivity index (χ0n) is 12.5. The third-order valence-corrected chi connectivity index (χ3v) is 5.96. The van der Waals surface area contributed by atoms with Gasteiger partial charge in [0.2, 0.25) is 5.91 Å². The molecule has 3 atom stereocenters. The van der Waals surface area contributed by atoms with E-state index in [0.717, 1.165) is 38.2 Å². The van der Waals surface area contributed by atoms with Crippen molar-refractivity contribution in [2.45, 2.75) is 38.0 Å². The molecule has 1 N–H and O–H groups in total. The van der Waals surface area contributed by atoms with E-state index in [4.69, 9.17) is 0 Å². The minimum atomic E-state index is 0.182. The molecule has 1 saturated heterocycles. The predicted octanol–water partition coefficient (Wildman–Crippen LogP) is 2.08. The SMILES string of the molecule is Cc1ccsc1[C@@H]1C[C@@H]1C(=O)N1CCC[C@H](c2nn[nH]n2)C1. The highest BCUT2D eigenvalue weighted by Gasteiger charge is 2.47. The van der Waals surface area contributed by atoms with E-state index in [9.17, 15) is 4.79 Å². The van der Waals surface area contributed by atoms with Gasteiger partial charge in [-0.25, -0.2) is 0 Å². The highest BCUT2D eigenvalue weighted by Crippen LogP contribution is 2.51. The van der Waals surface area contributed by atoms with Gasteiger partial charge in [-0.1, -0.05) is 5.21 Å². The first kappa shape index (κ1) is 13.9. The van der Waals surface area contributed by atoms with Crippen LogP contribution in [0.2, 0.25) is 0 Å². The first-order chi connectivity index (χ1) is 10.7. The van der Waals surface area contributed by atoms with Gasteiger partial charge < -0.3 is 4.90 Å². The van der Waals surface area contributed by atoms with Crippen LogP contribution in [0.15, 0.2) is 11.4 Å². The molecule has 1 saturated carbocycles. The second-order valence-corrected chi connectivity index (χ2v) is 7.26.